The van der Waals surface area contributed by atoms with E-state index in [0.717, 1.165) is 26.1 Å². The van der Waals surface area contributed by atoms with Crippen LogP contribution in [0.15, 0.2) is 24.3 Å². The van der Waals surface area contributed by atoms with Gasteiger partial charge in [0.25, 0.3) is 0 Å². The molecule has 1 aromatic rings. The first-order chi connectivity index (χ1) is 8.17. The van der Waals surface area contributed by atoms with Crippen molar-refractivity contribution in [1.82, 2.24) is 4.90 Å². The monoisotopic (exact) mass is 237 g/mol. The molecule has 1 aromatic carbocycles. The first-order valence-electron chi connectivity index (χ1n) is 6.18. The number of Topliss-reactive ketones (excluding diaryl/α,β-unsaturated/α-hetero) is 1. The Hall–Kier alpha value is -1.22. The maximum Gasteiger partial charge on any atom is 0.164 e. The van der Waals surface area contributed by atoms with Crippen molar-refractivity contribution in [3.8, 4) is 0 Å². The summed E-state index contributed by atoms with van der Waals surface area (Å²) in [7, 11) is 0. The summed E-state index contributed by atoms with van der Waals surface area (Å²) < 4.78 is 12.7. The predicted octanol–water partition coefficient (Wildman–Crippen LogP) is 3.13. The van der Waals surface area contributed by atoms with Crippen LogP contribution in [0.2, 0.25) is 0 Å². The number of carbonyl (C=O) groups is 1. The molecule has 0 heterocycles. The Bertz CT molecular complexity index is 348. The number of ketones is 1. The van der Waals surface area contributed by atoms with Crippen LogP contribution in [0.4, 0.5) is 4.39 Å². The maximum atomic E-state index is 12.7. The minimum Gasteiger partial charge on any atom is -0.303 e. The molecule has 3 heteroatoms. The van der Waals surface area contributed by atoms with Crippen LogP contribution in [-0.4, -0.2) is 30.3 Å². The Balaban J connectivity index is 2.46. The van der Waals surface area contributed by atoms with Gasteiger partial charge in [0, 0.05) is 18.5 Å². The fourth-order valence-corrected chi connectivity index (χ4v) is 1.78. The predicted molar refractivity (Wildman–Crippen MR) is 67.8 cm³/mol. The third kappa shape index (κ3) is 4.65. The van der Waals surface area contributed by atoms with E-state index in [1.807, 2.05) is 0 Å². The fourth-order valence-electron chi connectivity index (χ4n) is 1.78. The van der Waals surface area contributed by atoms with Gasteiger partial charge in [-0.2, -0.15) is 0 Å². The summed E-state index contributed by atoms with van der Waals surface area (Å²) in [6, 6.07) is 5.76. The first-order valence-corrected chi connectivity index (χ1v) is 6.18. The van der Waals surface area contributed by atoms with Gasteiger partial charge in [0.1, 0.15) is 5.82 Å². The van der Waals surface area contributed by atoms with Gasteiger partial charge in [0.05, 0.1) is 0 Å². The normalized spacial score (nSPS) is 10.8. The number of carbonyl (C=O) groups excluding carboxylic acids is 1. The van der Waals surface area contributed by atoms with E-state index in [2.05, 4.69) is 18.7 Å². The Morgan fingerprint density at radius 3 is 2.35 bits per heavy atom. The van der Waals surface area contributed by atoms with Crippen molar-refractivity contribution in [2.45, 2.75) is 26.7 Å². The Morgan fingerprint density at radius 1 is 1.18 bits per heavy atom. The van der Waals surface area contributed by atoms with E-state index < -0.39 is 0 Å². The molecule has 0 fully saturated rings. The number of benzene rings is 1. The zero-order valence-corrected chi connectivity index (χ0v) is 10.6. The quantitative estimate of drug-likeness (QED) is 0.679. The van der Waals surface area contributed by atoms with Crippen molar-refractivity contribution >= 4 is 5.78 Å². The molecular weight excluding hydrogens is 217 g/mol. The molecule has 0 bridgehead atoms. The molecule has 0 aromatic heterocycles. The second-order valence-electron chi connectivity index (χ2n) is 4.11. The van der Waals surface area contributed by atoms with Crippen LogP contribution in [0, 0.1) is 5.82 Å². The van der Waals surface area contributed by atoms with Crippen molar-refractivity contribution in [2.75, 3.05) is 19.6 Å². The van der Waals surface area contributed by atoms with Crippen LogP contribution in [0.25, 0.3) is 0 Å². The Kier molecular flexibility index (Phi) is 5.84. The lowest BCUT2D eigenvalue weighted by atomic mass is 10.1. The van der Waals surface area contributed by atoms with E-state index in [9.17, 15) is 9.18 Å². The summed E-state index contributed by atoms with van der Waals surface area (Å²) in [5.41, 5.74) is 0.596. The Labute approximate surface area is 102 Å². The molecule has 0 atom stereocenters. The minimum atomic E-state index is -0.303. The lowest BCUT2D eigenvalue weighted by Crippen LogP contribution is -2.26. The highest BCUT2D eigenvalue weighted by Crippen LogP contribution is 2.06. The summed E-state index contributed by atoms with van der Waals surface area (Å²) in [5.74, 6) is -0.220. The van der Waals surface area contributed by atoms with Crippen molar-refractivity contribution in [3.05, 3.63) is 35.6 Å². The van der Waals surface area contributed by atoms with Crippen LogP contribution >= 0.6 is 0 Å². The topological polar surface area (TPSA) is 20.3 Å². The average molecular weight is 237 g/mol. The van der Waals surface area contributed by atoms with E-state index in [1.165, 1.54) is 12.1 Å². The van der Waals surface area contributed by atoms with Gasteiger partial charge in [-0.05, 0) is 43.8 Å². The van der Waals surface area contributed by atoms with E-state index >= 15 is 0 Å². The van der Waals surface area contributed by atoms with Crippen LogP contribution < -0.4 is 0 Å². The van der Waals surface area contributed by atoms with Gasteiger partial charge >= 0.3 is 0 Å². The molecule has 0 aliphatic heterocycles. The second-order valence-corrected chi connectivity index (χ2v) is 4.11. The lowest BCUT2D eigenvalue weighted by Gasteiger charge is -2.18. The second kappa shape index (κ2) is 7.17. The number of halogens is 1. The van der Waals surface area contributed by atoms with Gasteiger partial charge in [0.2, 0.25) is 0 Å². The van der Waals surface area contributed by atoms with Crippen molar-refractivity contribution in [3.63, 3.8) is 0 Å². The number of rotatable bonds is 7. The van der Waals surface area contributed by atoms with Gasteiger partial charge in [-0.3, -0.25) is 4.79 Å². The molecule has 0 aliphatic rings. The van der Waals surface area contributed by atoms with Crippen molar-refractivity contribution < 1.29 is 9.18 Å². The molecule has 1 rings (SSSR count). The van der Waals surface area contributed by atoms with Gasteiger partial charge < -0.3 is 4.90 Å². The zero-order chi connectivity index (χ0) is 12.7. The van der Waals surface area contributed by atoms with E-state index in [1.54, 1.807) is 12.1 Å². The van der Waals surface area contributed by atoms with Gasteiger partial charge in [-0.15, -0.1) is 0 Å². The molecule has 0 saturated carbocycles. The molecular formula is C14H20FNO. The van der Waals surface area contributed by atoms with Crippen molar-refractivity contribution in [2.24, 2.45) is 0 Å². The molecule has 0 saturated heterocycles. The van der Waals surface area contributed by atoms with Crippen molar-refractivity contribution in [1.29, 1.82) is 0 Å². The molecule has 0 radical (unpaired) electrons. The number of hydrogen-bond donors (Lipinski definition) is 0. The highest BCUT2D eigenvalue weighted by molar-refractivity contribution is 5.96. The smallest absolute Gasteiger partial charge is 0.164 e. The summed E-state index contributed by atoms with van der Waals surface area (Å²) >= 11 is 0. The molecule has 0 spiro atoms. The third-order valence-corrected chi connectivity index (χ3v) is 2.81. The summed E-state index contributed by atoms with van der Waals surface area (Å²) in [5, 5.41) is 0. The van der Waals surface area contributed by atoms with Gasteiger partial charge in [-0.25, -0.2) is 4.39 Å². The van der Waals surface area contributed by atoms with Gasteiger partial charge in [0.15, 0.2) is 5.78 Å². The molecule has 0 amide bonds. The SMILES string of the molecule is CCCN(CC)CCC(=O)c1ccc(F)cc1. The minimum absolute atomic E-state index is 0.0829. The van der Waals surface area contributed by atoms with Crippen LogP contribution in [0.1, 0.15) is 37.0 Å². The number of hydrogen-bond acceptors (Lipinski definition) is 2. The van der Waals surface area contributed by atoms with Gasteiger partial charge in [-0.1, -0.05) is 13.8 Å². The largest absolute Gasteiger partial charge is 0.303 e. The molecule has 0 unspecified atom stereocenters. The third-order valence-electron chi connectivity index (χ3n) is 2.81. The highest BCUT2D eigenvalue weighted by Gasteiger charge is 2.08. The van der Waals surface area contributed by atoms with E-state index in [0.29, 0.717) is 12.0 Å². The van der Waals surface area contributed by atoms with E-state index in [-0.39, 0.29) is 11.6 Å². The maximum absolute atomic E-state index is 12.7. The average Bonchev–Trinajstić information content (AvgIpc) is 2.35. The Morgan fingerprint density at radius 2 is 1.82 bits per heavy atom. The first kappa shape index (κ1) is 13.8. The zero-order valence-electron chi connectivity index (χ0n) is 10.6. The molecule has 0 N–H and O–H groups in total. The molecule has 94 valence electrons. The standard InChI is InChI=1S/C14H20FNO/c1-3-10-16(4-2)11-9-14(17)12-5-7-13(15)8-6-12/h5-8H,3-4,9-11H2,1-2H3. The van der Waals surface area contributed by atoms with Crippen LogP contribution in [0.3, 0.4) is 0 Å². The summed E-state index contributed by atoms with van der Waals surface area (Å²) in [6.45, 7) is 6.99. The van der Waals surface area contributed by atoms with Crippen LogP contribution in [0.5, 0.6) is 0 Å². The molecule has 0 aliphatic carbocycles. The number of nitrogens with zero attached hydrogens (tertiary/aromatic N) is 1. The molecule has 2 nitrogen and oxygen atoms in total. The highest BCUT2D eigenvalue weighted by atomic mass is 19.1. The summed E-state index contributed by atoms with van der Waals surface area (Å²) in [4.78, 5) is 14.1. The summed E-state index contributed by atoms with van der Waals surface area (Å²) in [6.07, 6.45) is 1.60. The van der Waals surface area contributed by atoms with E-state index in [4.69, 9.17) is 0 Å². The lowest BCUT2D eigenvalue weighted by molar-refractivity contribution is 0.0965. The van der Waals surface area contributed by atoms with Crippen LogP contribution in [-0.2, 0) is 0 Å². The fraction of sp³-hybridized carbons (Fsp3) is 0.500. The molecule has 17 heavy (non-hydrogen) atoms.